The van der Waals surface area contributed by atoms with Crippen LogP contribution in [-0.4, -0.2) is 31.4 Å². The van der Waals surface area contributed by atoms with Crippen LogP contribution in [0.3, 0.4) is 0 Å². The van der Waals surface area contributed by atoms with Gasteiger partial charge in [-0.1, -0.05) is 12.1 Å². The molecule has 1 aromatic rings. The van der Waals surface area contributed by atoms with Crippen LogP contribution in [0.5, 0.6) is 5.75 Å². The first-order valence-electron chi connectivity index (χ1n) is 7.59. The van der Waals surface area contributed by atoms with Crippen molar-refractivity contribution in [1.82, 2.24) is 0 Å². The molecule has 2 unspecified atom stereocenters. The Morgan fingerprint density at radius 3 is 2.90 bits per heavy atom. The average molecular weight is 292 g/mol. The summed E-state index contributed by atoms with van der Waals surface area (Å²) in [6.07, 6.45) is 2.79. The lowest BCUT2D eigenvalue weighted by molar-refractivity contribution is -0.149. The summed E-state index contributed by atoms with van der Waals surface area (Å²) in [6, 6.07) is 5.68. The molecule has 116 valence electrons. The first kappa shape index (κ1) is 16.0. The predicted octanol–water partition coefficient (Wildman–Crippen LogP) is 3.18. The first-order chi connectivity index (χ1) is 10.1. The molecule has 1 heterocycles. The largest absolute Gasteiger partial charge is 0.424 e. The lowest BCUT2D eigenvalue weighted by Gasteiger charge is -2.23. The lowest BCUT2D eigenvalue weighted by Crippen LogP contribution is -2.31. The summed E-state index contributed by atoms with van der Waals surface area (Å²) in [5.74, 6) is 0.240. The Labute approximate surface area is 126 Å². The third kappa shape index (κ3) is 4.55. The maximum absolute atomic E-state index is 12.1. The molecule has 1 aromatic carbocycles. The molecule has 0 amide bonds. The third-order valence-electron chi connectivity index (χ3n) is 3.90. The van der Waals surface area contributed by atoms with Gasteiger partial charge in [-0.15, -0.1) is 0 Å². The summed E-state index contributed by atoms with van der Waals surface area (Å²) >= 11 is 0. The molecule has 0 N–H and O–H groups in total. The first-order valence-corrected chi connectivity index (χ1v) is 7.59. The van der Waals surface area contributed by atoms with Crippen molar-refractivity contribution in [2.24, 2.45) is 0 Å². The molecule has 0 aliphatic carbocycles. The van der Waals surface area contributed by atoms with Crippen molar-refractivity contribution < 1.29 is 19.0 Å². The molecule has 21 heavy (non-hydrogen) atoms. The number of carbonyl (C=O) groups excluding carboxylic acids is 1. The van der Waals surface area contributed by atoms with Crippen LogP contribution < -0.4 is 4.74 Å². The number of ether oxygens (including phenoxy) is 3. The number of esters is 1. The molecule has 0 spiro atoms. The van der Waals surface area contributed by atoms with Crippen LogP contribution in [0.25, 0.3) is 0 Å². The van der Waals surface area contributed by atoms with Crippen LogP contribution in [0, 0.1) is 13.8 Å². The van der Waals surface area contributed by atoms with Crippen LogP contribution in [-0.2, 0) is 14.3 Å². The number of hydrogen-bond donors (Lipinski definition) is 0. The Hall–Kier alpha value is -1.39. The molecule has 0 saturated carbocycles. The zero-order valence-corrected chi connectivity index (χ0v) is 13.1. The Morgan fingerprint density at radius 2 is 2.19 bits per heavy atom. The van der Waals surface area contributed by atoms with E-state index in [0.717, 1.165) is 37.0 Å². The van der Waals surface area contributed by atoms with Gasteiger partial charge in [0.25, 0.3) is 0 Å². The molecule has 1 aliphatic heterocycles. The van der Waals surface area contributed by atoms with E-state index in [1.54, 1.807) is 13.0 Å². The van der Waals surface area contributed by atoms with Gasteiger partial charge in [-0.25, -0.2) is 4.79 Å². The Kier molecular flexibility index (Phi) is 5.76. The zero-order chi connectivity index (χ0) is 15.2. The van der Waals surface area contributed by atoms with Crippen molar-refractivity contribution in [2.45, 2.75) is 52.2 Å². The van der Waals surface area contributed by atoms with Gasteiger partial charge >= 0.3 is 5.97 Å². The van der Waals surface area contributed by atoms with Gasteiger partial charge in [0.15, 0.2) is 6.10 Å². The molecule has 4 heteroatoms. The third-order valence-corrected chi connectivity index (χ3v) is 3.90. The van der Waals surface area contributed by atoms with Gasteiger partial charge in [-0.2, -0.15) is 0 Å². The quantitative estimate of drug-likeness (QED) is 0.617. The lowest BCUT2D eigenvalue weighted by atomic mass is 10.1. The number of hydrogen-bond acceptors (Lipinski definition) is 4. The average Bonchev–Trinajstić information content (AvgIpc) is 2.50. The van der Waals surface area contributed by atoms with E-state index < -0.39 is 6.10 Å². The van der Waals surface area contributed by atoms with E-state index in [0.29, 0.717) is 12.4 Å². The normalized spacial score (nSPS) is 20.0. The molecule has 0 aromatic heterocycles. The number of carbonyl (C=O) groups is 1. The molecule has 0 bridgehead atoms. The van der Waals surface area contributed by atoms with Crippen molar-refractivity contribution in [3.63, 3.8) is 0 Å². The highest BCUT2D eigenvalue weighted by atomic mass is 16.6. The second-order valence-corrected chi connectivity index (χ2v) is 5.58. The Bertz CT molecular complexity index is 478. The topological polar surface area (TPSA) is 44.8 Å². The fraction of sp³-hybridized carbons (Fsp3) is 0.588. The van der Waals surface area contributed by atoms with Gasteiger partial charge in [0.05, 0.1) is 12.7 Å². The van der Waals surface area contributed by atoms with Gasteiger partial charge < -0.3 is 14.2 Å². The van der Waals surface area contributed by atoms with Gasteiger partial charge in [0, 0.05) is 6.61 Å². The predicted molar refractivity (Wildman–Crippen MR) is 80.6 cm³/mol. The summed E-state index contributed by atoms with van der Waals surface area (Å²) in [5.41, 5.74) is 2.08. The fourth-order valence-corrected chi connectivity index (χ4v) is 2.28. The van der Waals surface area contributed by atoms with Gasteiger partial charge in [0.2, 0.25) is 0 Å². The van der Waals surface area contributed by atoms with Crippen LogP contribution in [0.2, 0.25) is 0 Å². The minimum Gasteiger partial charge on any atom is -0.424 e. The van der Waals surface area contributed by atoms with Crippen LogP contribution in [0.15, 0.2) is 18.2 Å². The number of rotatable bonds is 5. The molecular weight excluding hydrogens is 268 g/mol. The highest BCUT2D eigenvalue weighted by molar-refractivity contribution is 5.77. The van der Waals surface area contributed by atoms with E-state index in [-0.39, 0.29) is 12.1 Å². The molecule has 4 nitrogen and oxygen atoms in total. The maximum atomic E-state index is 12.1. The Morgan fingerprint density at radius 1 is 1.38 bits per heavy atom. The van der Waals surface area contributed by atoms with E-state index in [4.69, 9.17) is 14.2 Å². The SMILES string of the molecule is Cc1cccc(OC(=O)C(C)OCC2CCCCO2)c1C. The summed E-state index contributed by atoms with van der Waals surface area (Å²) < 4.78 is 16.6. The molecule has 1 fully saturated rings. The Balaban J connectivity index is 1.83. The minimum atomic E-state index is -0.588. The summed E-state index contributed by atoms with van der Waals surface area (Å²) in [5, 5.41) is 0. The van der Waals surface area contributed by atoms with E-state index in [2.05, 4.69) is 0 Å². The standard InChI is InChI=1S/C17H24O4/c1-12-7-6-9-16(13(12)2)21-17(18)14(3)20-11-15-8-4-5-10-19-15/h6-7,9,14-15H,4-5,8,10-11H2,1-3H3. The fourth-order valence-electron chi connectivity index (χ4n) is 2.28. The molecule has 1 saturated heterocycles. The van der Waals surface area contributed by atoms with Crippen molar-refractivity contribution in [1.29, 1.82) is 0 Å². The van der Waals surface area contributed by atoms with Crippen LogP contribution in [0.4, 0.5) is 0 Å². The van der Waals surface area contributed by atoms with Crippen LogP contribution in [0.1, 0.15) is 37.3 Å². The molecule has 1 aliphatic rings. The number of benzene rings is 1. The maximum Gasteiger partial charge on any atom is 0.340 e. The van der Waals surface area contributed by atoms with Gasteiger partial charge in [-0.3, -0.25) is 0 Å². The smallest absolute Gasteiger partial charge is 0.340 e. The molecule has 0 radical (unpaired) electrons. The van der Waals surface area contributed by atoms with E-state index in [1.807, 2.05) is 26.0 Å². The summed E-state index contributed by atoms with van der Waals surface area (Å²) in [4.78, 5) is 12.1. The van der Waals surface area contributed by atoms with E-state index in [9.17, 15) is 4.79 Å². The second kappa shape index (κ2) is 7.57. The van der Waals surface area contributed by atoms with Crippen LogP contribution >= 0.6 is 0 Å². The van der Waals surface area contributed by atoms with E-state index in [1.165, 1.54) is 0 Å². The molecule has 2 rings (SSSR count). The second-order valence-electron chi connectivity index (χ2n) is 5.58. The summed E-state index contributed by atoms with van der Waals surface area (Å²) in [7, 11) is 0. The number of aryl methyl sites for hydroxylation is 1. The molecular formula is C17H24O4. The van der Waals surface area contributed by atoms with Crippen molar-refractivity contribution >= 4 is 5.97 Å². The molecule has 2 atom stereocenters. The zero-order valence-electron chi connectivity index (χ0n) is 13.1. The highest BCUT2D eigenvalue weighted by Crippen LogP contribution is 2.21. The van der Waals surface area contributed by atoms with Gasteiger partial charge in [-0.05, 0) is 57.2 Å². The minimum absolute atomic E-state index is 0.106. The van der Waals surface area contributed by atoms with Gasteiger partial charge in [0.1, 0.15) is 5.75 Å². The monoisotopic (exact) mass is 292 g/mol. The highest BCUT2D eigenvalue weighted by Gasteiger charge is 2.20. The summed E-state index contributed by atoms with van der Waals surface area (Å²) in [6.45, 7) is 6.89. The van der Waals surface area contributed by atoms with E-state index >= 15 is 0 Å². The van der Waals surface area contributed by atoms with Crippen molar-refractivity contribution in [3.8, 4) is 5.75 Å². The van der Waals surface area contributed by atoms with Crippen molar-refractivity contribution in [2.75, 3.05) is 13.2 Å². The van der Waals surface area contributed by atoms with Crippen molar-refractivity contribution in [3.05, 3.63) is 29.3 Å².